The summed E-state index contributed by atoms with van der Waals surface area (Å²) in [5.74, 6) is 0.0266. The van der Waals surface area contributed by atoms with Gasteiger partial charge in [-0.3, -0.25) is 4.79 Å². The summed E-state index contributed by atoms with van der Waals surface area (Å²) >= 11 is 3.35. The molecule has 0 amide bonds. The zero-order chi connectivity index (χ0) is 13.1. The van der Waals surface area contributed by atoms with Gasteiger partial charge in [0.1, 0.15) is 0 Å². The largest absolute Gasteiger partial charge is 0.324 e. The Hall–Kier alpha value is -1.45. The Kier molecular flexibility index (Phi) is 3.94. The number of halogens is 1. The summed E-state index contributed by atoms with van der Waals surface area (Å²) in [6.07, 6.45) is 0. The second-order valence-electron chi connectivity index (χ2n) is 4.25. The number of benzene rings is 2. The van der Waals surface area contributed by atoms with E-state index in [-0.39, 0.29) is 11.8 Å². The van der Waals surface area contributed by atoms with Crippen LogP contribution in [0.3, 0.4) is 0 Å². The zero-order valence-electron chi connectivity index (χ0n) is 10.1. The maximum absolute atomic E-state index is 12.2. The Morgan fingerprint density at radius 3 is 1.89 bits per heavy atom. The molecule has 92 valence electrons. The lowest BCUT2D eigenvalue weighted by molar-refractivity contribution is 0.103. The molecule has 2 rings (SSSR count). The molecular weight excluding hydrogens is 290 g/mol. The number of nitrogens with two attached hydrogens (primary N) is 1. The highest BCUT2D eigenvalue weighted by molar-refractivity contribution is 9.10. The second-order valence-corrected chi connectivity index (χ2v) is 5.16. The summed E-state index contributed by atoms with van der Waals surface area (Å²) in [7, 11) is 0. The predicted octanol–water partition coefficient (Wildman–Crippen LogP) is 3.70. The monoisotopic (exact) mass is 303 g/mol. The highest BCUT2D eigenvalue weighted by Crippen LogP contribution is 2.16. The molecule has 2 aromatic carbocycles. The average molecular weight is 304 g/mol. The summed E-state index contributed by atoms with van der Waals surface area (Å²) in [5.41, 5.74) is 8.18. The van der Waals surface area contributed by atoms with E-state index in [1.165, 1.54) is 0 Å². The number of rotatable bonds is 3. The zero-order valence-corrected chi connectivity index (χ0v) is 11.6. The Labute approximate surface area is 115 Å². The van der Waals surface area contributed by atoms with Crippen LogP contribution < -0.4 is 5.73 Å². The molecule has 2 nitrogen and oxygen atoms in total. The minimum absolute atomic E-state index is 0.0122. The van der Waals surface area contributed by atoms with Crippen molar-refractivity contribution < 1.29 is 4.79 Å². The van der Waals surface area contributed by atoms with Crippen molar-refractivity contribution >= 4 is 21.7 Å². The van der Waals surface area contributed by atoms with Crippen LogP contribution in [0.4, 0.5) is 0 Å². The van der Waals surface area contributed by atoms with E-state index < -0.39 is 0 Å². The molecule has 1 unspecified atom stereocenters. The van der Waals surface area contributed by atoms with E-state index in [1.807, 2.05) is 55.5 Å². The fraction of sp³-hybridized carbons (Fsp3) is 0.133. The molecule has 0 radical (unpaired) electrons. The van der Waals surface area contributed by atoms with Crippen LogP contribution in [-0.2, 0) is 0 Å². The van der Waals surface area contributed by atoms with Crippen LogP contribution >= 0.6 is 15.9 Å². The first kappa shape index (κ1) is 13.0. The van der Waals surface area contributed by atoms with Crippen LogP contribution in [0.25, 0.3) is 0 Å². The van der Waals surface area contributed by atoms with Gasteiger partial charge in [0, 0.05) is 21.6 Å². The van der Waals surface area contributed by atoms with Gasteiger partial charge in [-0.2, -0.15) is 0 Å². The Bertz CT molecular complexity index is 544. The quantitative estimate of drug-likeness (QED) is 0.879. The topological polar surface area (TPSA) is 43.1 Å². The van der Waals surface area contributed by atoms with Gasteiger partial charge >= 0.3 is 0 Å². The molecule has 0 saturated heterocycles. The predicted molar refractivity (Wildman–Crippen MR) is 76.6 cm³/mol. The summed E-state index contributed by atoms with van der Waals surface area (Å²) in [5, 5.41) is 0. The molecule has 0 aliphatic carbocycles. The Balaban J connectivity index is 2.26. The van der Waals surface area contributed by atoms with Crippen molar-refractivity contribution in [2.45, 2.75) is 13.0 Å². The van der Waals surface area contributed by atoms with E-state index in [0.29, 0.717) is 11.1 Å². The van der Waals surface area contributed by atoms with Gasteiger partial charge in [0.15, 0.2) is 5.78 Å². The summed E-state index contributed by atoms with van der Waals surface area (Å²) in [6, 6.07) is 14.8. The van der Waals surface area contributed by atoms with Crippen LogP contribution in [0.15, 0.2) is 53.0 Å². The fourth-order valence-corrected chi connectivity index (χ4v) is 1.97. The highest BCUT2D eigenvalue weighted by Gasteiger charge is 2.09. The third-order valence-corrected chi connectivity index (χ3v) is 3.33. The SMILES string of the molecule is CC(N)c1ccc(C(=O)c2ccc(Br)cc2)cc1. The van der Waals surface area contributed by atoms with Crippen molar-refractivity contribution in [3.8, 4) is 0 Å². The molecule has 18 heavy (non-hydrogen) atoms. The molecule has 0 fully saturated rings. The second kappa shape index (κ2) is 5.46. The molecule has 1 atom stereocenters. The first-order valence-corrected chi connectivity index (χ1v) is 6.53. The number of carbonyl (C=O) groups excluding carboxylic acids is 1. The molecule has 0 aliphatic heterocycles. The molecule has 3 heteroatoms. The van der Waals surface area contributed by atoms with Gasteiger partial charge < -0.3 is 5.73 Å². The Morgan fingerprint density at radius 1 is 1.00 bits per heavy atom. The van der Waals surface area contributed by atoms with E-state index in [2.05, 4.69) is 15.9 Å². The van der Waals surface area contributed by atoms with Crippen molar-refractivity contribution in [1.29, 1.82) is 0 Å². The molecule has 0 spiro atoms. The van der Waals surface area contributed by atoms with Gasteiger partial charge in [-0.1, -0.05) is 40.2 Å². The molecule has 0 bridgehead atoms. The highest BCUT2D eigenvalue weighted by atomic mass is 79.9. The van der Waals surface area contributed by atoms with Crippen molar-refractivity contribution in [3.05, 3.63) is 69.7 Å². The minimum atomic E-state index is -0.0122. The van der Waals surface area contributed by atoms with Gasteiger partial charge in [-0.15, -0.1) is 0 Å². The number of hydrogen-bond acceptors (Lipinski definition) is 2. The molecule has 2 aromatic rings. The molecule has 0 saturated carbocycles. The van der Waals surface area contributed by atoms with E-state index >= 15 is 0 Å². The molecule has 0 aliphatic rings. The molecule has 0 aromatic heterocycles. The van der Waals surface area contributed by atoms with Gasteiger partial charge in [-0.05, 0) is 36.8 Å². The van der Waals surface area contributed by atoms with Gasteiger partial charge in [0.25, 0.3) is 0 Å². The van der Waals surface area contributed by atoms with E-state index in [0.717, 1.165) is 10.0 Å². The maximum atomic E-state index is 12.2. The standard InChI is InChI=1S/C15H14BrNO/c1-10(17)11-2-4-12(5-3-11)15(18)13-6-8-14(16)9-7-13/h2-10H,17H2,1H3. The van der Waals surface area contributed by atoms with Crippen LogP contribution in [0, 0.1) is 0 Å². The van der Waals surface area contributed by atoms with Crippen LogP contribution in [-0.4, -0.2) is 5.78 Å². The van der Waals surface area contributed by atoms with Crippen molar-refractivity contribution in [2.24, 2.45) is 5.73 Å². The first-order chi connectivity index (χ1) is 8.58. The smallest absolute Gasteiger partial charge is 0.193 e. The van der Waals surface area contributed by atoms with Crippen LogP contribution in [0.2, 0.25) is 0 Å². The summed E-state index contributed by atoms with van der Waals surface area (Å²) in [4.78, 5) is 12.2. The Morgan fingerprint density at radius 2 is 1.44 bits per heavy atom. The van der Waals surface area contributed by atoms with Gasteiger partial charge in [0.05, 0.1) is 0 Å². The van der Waals surface area contributed by atoms with Crippen molar-refractivity contribution in [2.75, 3.05) is 0 Å². The van der Waals surface area contributed by atoms with Crippen molar-refractivity contribution in [1.82, 2.24) is 0 Å². The normalized spacial score (nSPS) is 12.2. The van der Waals surface area contributed by atoms with Crippen LogP contribution in [0.1, 0.15) is 34.5 Å². The van der Waals surface area contributed by atoms with Crippen LogP contribution in [0.5, 0.6) is 0 Å². The van der Waals surface area contributed by atoms with E-state index in [4.69, 9.17) is 5.73 Å². The minimum Gasteiger partial charge on any atom is -0.324 e. The maximum Gasteiger partial charge on any atom is 0.193 e. The average Bonchev–Trinajstić information content (AvgIpc) is 2.39. The van der Waals surface area contributed by atoms with Gasteiger partial charge in [-0.25, -0.2) is 0 Å². The van der Waals surface area contributed by atoms with E-state index in [9.17, 15) is 4.79 Å². The fourth-order valence-electron chi connectivity index (χ4n) is 1.71. The lowest BCUT2D eigenvalue weighted by Crippen LogP contribution is -2.06. The van der Waals surface area contributed by atoms with Gasteiger partial charge in [0.2, 0.25) is 0 Å². The third-order valence-electron chi connectivity index (χ3n) is 2.81. The number of carbonyl (C=O) groups is 1. The molecule has 2 N–H and O–H groups in total. The van der Waals surface area contributed by atoms with Crippen molar-refractivity contribution in [3.63, 3.8) is 0 Å². The summed E-state index contributed by atoms with van der Waals surface area (Å²) < 4.78 is 0.964. The number of hydrogen-bond donors (Lipinski definition) is 1. The summed E-state index contributed by atoms with van der Waals surface area (Å²) in [6.45, 7) is 1.92. The third kappa shape index (κ3) is 2.86. The van der Waals surface area contributed by atoms with E-state index in [1.54, 1.807) is 0 Å². The first-order valence-electron chi connectivity index (χ1n) is 5.74. The molecule has 0 heterocycles. The molecular formula is C15H14BrNO. The lowest BCUT2D eigenvalue weighted by atomic mass is 10.0. The number of ketones is 1. The lowest BCUT2D eigenvalue weighted by Gasteiger charge is -2.06.